The summed E-state index contributed by atoms with van der Waals surface area (Å²) in [6.45, 7) is 0. The highest BCUT2D eigenvalue weighted by Gasteiger charge is 2.47. The van der Waals surface area contributed by atoms with Gasteiger partial charge < -0.3 is 9.47 Å². The van der Waals surface area contributed by atoms with E-state index in [-0.39, 0.29) is 29.7 Å². The zero-order valence-corrected chi connectivity index (χ0v) is 29.8. The van der Waals surface area contributed by atoms with Gasteiger partial charge in [-0.05, 0) is 105 Å². The third kappa shape index (κ3) is 4.68. The monoisotopic (exact) mass is 705 g/mol. The lowest BCUT2D eigenvalue weighted by Gasteiger charge is -2.35. The average Bonchev–Trinajstić information content (AvgIpc) is 3.79. The van der Waals surface area contributed by atoms with E-state index >= 15 is 0 Å². The van der Waals surface area contributed by atoms with Gasteiger partial charge in [0.25, 0.3) is 0 Å². The molecule has 0 saturated carbocycles. The van der Waals surface area contributed by atoms with Crippen molar-refractivity contribution in [1.82, 2.24) is 4.57 Å². The van der Waals surface area contributed by atoms with Crippen LogP contribution in [0.2, 0.25) is 0 Å². The number of nitrogens with zero attached hydrogens (tertiary/aromatic N) is 2. The van der Waals surface area contributed by atoms with Gasteiger partial charge in [0.05, 0.1) is 23.3 Å². The lowest BCUT2D eigenvalue weighted by molar-refractivity contribution is 0.777. The first kappa shape index (κ1) is 26.6. The molecule has 0 N–H and O–H groups in total. The Labute approximate surface area is 327 Å². The van der Waals surface area contributed by atoms with E-state index in [0.29, 0.717) is 0 Å². The minimum Gasteiger partial charge on any atom is -0.310 e. The Hall–Kier alpha value is -7.16. The van der Waals surface area contributed by atoms with E-state index in [9.17, 15) is 2.74 Å². The van der Waals surface area contributed by atoms with Gasteiger partial charge in [-0.3, -0.25) is 0 Å². The Balaban J connectivity index is 1.27. The average molecular weight is 706 g/mol. The summed E-state index contributed by atoms with van der Waals surface area (Å²) in [7, 11) is 0. The highest BCUT2D eigenvalue weighted by molar-refractivity contribution is 6.12. The molecule has 2 nitrogen and oxygen atoms in total. The van der Waals surface area contributed by atoms with Crippen LogP contribution in [0.5, 0.6) is 0 Å². The van der Waals surface area contributed by atoms with Crippen molar-refractivity contribution in [3.05, 3.63) is 241 Å². The highest BCUT2D eigenvalue weighted by Crippen LogP contribution is 2.59. The van der Waals surface area contributed by atoms with Crippen molar-refractivity contribution in [3.63, 3.8) is 0 Å². The van der Waals surface area contributed by atoms with Crippen molar-refractivity contribution >= 4 is 49.6 Å². The maximum absolute atomic E-state index is 9.68. The molecule has 1 unspecified atom stereocenters. The molecule has 1 aliphatic rings. The third-order valence-corrected chi connectivity index (χ3v) is 11.3. The van der Waals surface area contributed by atoms with Gasteiger partial charge in [0, 0.05) is 33.5 Å². The fraction of sp³-hybridized carbons (Fsp3) is 0.0189. The number of anilines is 3. The van der Waals surface area contributed by atoms with Crippen molar-refractivity contribution in [2.45, 2.75) is 5.41 Å². The zero-order chi connectivity index (χ0) is 40.7. The molecule has 11 rings (SSSR count). The van der Waals surface area contributed by atoms with Gasteiger partial charge >= 0.3 is 0 Å². The lowest BCUT2D eigenvalue weighted by atomic mass is 9.66. The van der Waals surface area contributed by atoms with Crippen LogP contribution in [0.1, 0.15) is 29.1 Å². The fourth-order valence-electron chi connectivity index (χ4n) is 9.07. The van der Waals surface area contributed by atoms with Crippen LogP contribution in [-0.2, 0) is 5.41 Å². The molecule has 0 amide bonds. The second-order valence-electron chi connectivity index (χ2n) is 14.1. The first-order valence-corrected chi connectivity index (χ1v) is 18.6. The summed E-state index contributed by atoms with van der Waals surface area (Å²) in [4.78, 5) is 2.26. The van der Waals surface area contributed by atoms with Crippen molar-refractivity contribution in [3.8, 4) is 16.8 Å². The van der Waals surface area contributed by atoms with Crippen LogP contribution in [0.4, 0.5) is 17.1 Å². The second kappa shape index (κ2) is 12.5. The van der Waals surface area contributed by atoms with Crippen LogP contribution >= 0.6 is 0 Å². The van der Waals surface area contributed by atoms with Crippen molar-refractivity contribution < 1.29 is 6.85 Å². The van der Waals surface area contributed by atoms with E-state index in [1.165, 1.54) is 0 Å². The summed E-state index contributed by atoms with van der Waals surface area (Å²) in [6.07, 6.45) is 0. The molecule has 9 aromatic carbocycles. The maximum atomic E-state index is 9.68. The Morgan fingerprint density at radius 1 is 0.436 bits per heavy atom. The molecule has 0 radical (unpaired) electrons. The van der Waals surface area contributed by atoms with Gasteiger partial charge in [0.1, 0.15) is 0 Å². The van der Waals surface area contributed by atoms with Gasteiger partial charge in [-0.25, -0.2) is 0 Å². The van der Waals surface area contributed by atoms with E-state index in [4.69, 9.17) is 4.11 Å². The maximum Gasteiger partial charge on any atom is 0.0720 e. The number of hydrogen-bond donors (Lipinski definition) is 0. The van der Waals surface area contributed by atoms with Gasteiger partial charge in [0.15, 0.2) is 0 Å². The van der Waals surface area contributed by atoms with E-state index in [1.807, 2.05) is 66.7 Å². The van der Waals surface area contributed by atoms with Gasteiger partial charge in [-0.1, -0.05) is 158 Å². The molecule has 2 heteroatoms. The molecule has 55 heavy (non-hydrogen) atoms. The number of hydrogen-bond acceptors (Lipinski definition) is 1. The number of para-hydroxylation sites is 3. The van der Waals surface area contributed by atoms with Crippen LogP contribution in [0, 0.1) is 0 Å². The second-order valence-corrected chi connectivity index (χ2v) is 14.1. The summed E-state index contributed by atoms with van der Waals surface area (Å²) >= 11 is 0. The fourth-order valence-corrected chi connectivity index (χ4v) is 9.07. The summed E-state index contributed by atoms with van der Waals surface area (Å²) in [5, 5.41) is 4.25. The quantitative estimate of drug-likeness (QED) is 0.167. The highest BCUT2D eigenvalue weighted by atomic mass is 15.1. The molecule has 1 atom stereocenters. The van der Waals surface area contributed by atoms with E-state index in [1.54, 1.807) is 0 Å². The molecule has 0 aliphatic heterocycles. The molecular weight excluding hydrogens is 665 g/mol. The standard InChI is InChI=1S/C53H36N2/c1-4-19-39(20-5-1)53(49-28-16-30-51-52(49)45-26-13-15-29-50(45)55(51)41-23-8-3-9-24-41)47-27-14-12-25-44(47)46-36-43(33-34-48(46)53)54(40-21-6-2-7-22-40)42-32-31-37-17-10-11-18-38(37)35-42/h1-36H/i1D,4D,5D,19D,20D. The van der Waals surface area contributed by atoms with Crippen LogP contribution in [0.15, 0.2) is 218 Å². The summed E-state index contributed by atoms with van der Waals surface area (Å²) in [5.74, 6) is 0. The molecule has 1 aromatic heterocycles. The number of fused-ring (bicyclic) bond motifs is 7. The SMILES string of the molecule is [2H]c1c([2H])c([2H])c(C2(c3cccc4c3c3ccccc3n4-c3ccccc3)c3ccccc3-c3cc(N(c4ccccc4)c4ccc5ccccc5c4)ccc32)c([2H])c1[2H]. The largest absolute Gasteiger partial charge is 0.310 e. The van der Waals surface area contributed by atoms with Crippen molar-refractivity contribution in [2.24, 2.45) is 0 Å². The van der Waals surface area contributed by atoms with Crippen LogP contribution in [-0.4, -0.2) is 4.57 Å². The van der Waals surface area contributed by atoms with Gasteiger partial charge in [0.2, 0.25) is 0 Å². The van der Waals surface area contributed by atoms with E-state index in [2.05, 4.69) is 131 Å². The summed E-state index contributed by atoms with van der Waals surface area (Å²) in [6, 6.07) is 63.1. The number of benzene rings is 9. The summed E-state index contributed by atoms with van der Waals surface area (Å²) < 4.78 is 48.4. The van der Waals surface area contributed by atoms with Crippen molar-refractivity contribution in [2.75, 3.05) is 4.90 Å². The van der Waals surface area contributed by atoms with Gasteiger partial charge in [-0.2, -0.15) is 0 Å². The Morgan fingerprint density at radius 2 is 1.07 bits per heavy atom. The van der Waals surface area contributed by atoms with Crippen LogP contribution < -0.4 is 4.90 Å². The number of aromatic nitrogens is 1. The minimum absolute atomic E-state index is 0.224. The topological polar surface area (TPSA) is 8.17 Å². The van der Waals surface area contributed by atoms with E-state index in [0.717, 1.165) is 83.1 Å². The first-order valence-electron chi connectivity index (χ1n) is 21.1. The smallest absolute Gasteiger partial charge is 0.0720 e. The predicted octanol–water partition coefficient (Wildman–Crippen LogP) is 13.8. The Morgan fingerprint density at radius 3 is 1.93 bits per heavy atom. The zero-order valence-electron chi connectivity index (χ0n) is 34.8. The third-order valence-electron chi connectivity index (χ3n) is 11.3. The van der Waals surface area contributed by atoms with Crippen LogP contribution in [0.25, 0.3) is 49.4 Å². The molecule has 1 aliphatic carbocycles. The number of rotatable bonds is 6. The van der Waals surface area contributed by atoms with Crippen LogP contribution in [0.3, 0.4) is 0 Å². The van der Waals surface area contributed by atoms with Gasteiger partial charge in [-0.15, -0.1) is 0 Å². The molecule has 0 saturated heterocycles. The Kier molecular flexibility index (Phi) is 6.03. The molecule has 0 bridgehead atoms. The minimum atomic E-state index is -1.32. The molecular formula is C53H36N2. The lowest BCUT2D eigenvalue weighted by Crippen LogP contribution is -2.29. The van der Waals surface area contributed by atoms with E-state index < -0.39 is 11.5 Å². The molecule has 1 heterocycles. The summed E-state index contributed by atoms with van der Waals surface area (Å²) in [5.41, 5.74) is 9.24. The first-order chi connectivity index (χ1) is 29.4. The molecule has 258 valence electrons. The normalized spacial score (nSPS) is 15.9. The molecule has 0 spiro atoms. The molecule has 0 fully saturated rings. The molecule has 10 aromatic rings. The van der Waals surface area contributed by atoms with Crippen molar-refractivity contribution in [1.29, 1.82) is 0 Å². The Bertz CT molecular complexity index is 3310. The predicted molar refractivity (Wildman–Crippen MR) is 230 cm³/mol.